The lowest BCUT2D eigenvalue weighted by Crippen LogP contribution is -2.37. The van der Waals surface area contributed by atoms with E-state index in [0.717, 1.165) is 5.75 Å². The minimum absolute atomic E-state index is 0.149. The van der Waals surface area contributed by atoms with Crippen LogP contribution >= 0.6 is 11.8 Å². The Kier molecular flexibility index (Phi) is 4.98. The van der Waals surface area contributed by atoms with Gasteiger partial charge in [-0.2, -0.15) is 11.8 Å². The van der Waals surface area contributed by atoms with Crippen molar-refractivity contribution in [1.29, 1.82) is 0 Å². The molecule has 1 atom stereocenters. The fourth-order valence-electron chi connectivity index (χ4n) is 1.30. The van der Waals surface area contributed by atoms with Crippen molar-refractivity contribution in [2.24, 2.45) is 0 Å². The van der Waals surface area contributed by atoms with E-state index in [9.17, 15) is 4.79 Å². The Balaban J connectivity index is 2.45. The molecule has 1 aromatic rings. The number of urea groups is 1. The lowest BCUT2D eigenvalue weighted by molar-refractivity contribution is 0.250. The van der Waals surface area contributed by atoms with Gasteiger partial charge in [-0.3, -0.25) is 0 Å². The van der Waals surface area contributed by atoms with Crippen LogP contribution in [0.25, 0.3) is 0 Å². The summed E-state index contributed by atoms with van der Waals surface area (Å²) in [5.41, 5.74) is 6.95. The molecule has 0 aromatic heterocycles. The number of amides is 2. The van der Waals surface area contributed by atoms with Crippen molar-refractivity contribution in [2.75, 3.05) is 23.1 Å². The smallest absolute Gasteiger partial charge is 0.319 e. The van der Waals surface area contributed by atoms with Gasteiger partial charge in [0.1, 0.15) is 0 Å². The van der Waals surface area contributed by atoms with Crippen LogP contribution in [0.4, 0.5) is 16.2 Å². The quantitative estimate of drug-likeness (QED) is 0.705. The minimum Gasteiger partial charge on any atom is -0.399 e. The first kappa shape index (κ1) is 12.7. The number of hydrogen-bond donors (Lipinski definition) is 3. The van der Waals surface area contributed by atoms with Gasteiger partial charge in [0.05, 0.1) is 0 Å². The van der Waals surface area contributed by atoms with Gasteiger partial charge in [-0.15, -0.1) is 0 Å². The van der Waals surface area contributed by atoms with Gasteiger partial charge in [0.2, 0.25) is 0 Å². The number of anilines is 2. The summed E-state index contributed by atoms with van der Waals surface area (Å²) in [5.74, 6) is 0.893. The van der Waals surface area contributed by atoms with Crippen LogP contribution in [-0.4, -0.2) is 24.1 Å². The molecule has 0 aliphatic rings. The van der Waals surface area contributed by atoms with E-state index in [4.69, 9.17) is 5.73 Å². The second kappa shape index (κ2) is 6.27. The second-order valence-electron chi connectivity index (χ2n) is 3.58. The number of rotatable bonds is 4. The average Bonchev–Trinajstić information content (AvgIpc) is 2.17. The molecular weight excluding hydrogens is 222 g/mol. The number of nitrogens with two attached hydrogens (primary N) is 1. The van der Waals surface area contributed by atoms with Crippen molar-refractivity contribution in [1.82, 2.24) is 5.32 Å². The molecule has 1 aromatic carbocycles. The Bertz CT molecular complexity index is 357. The normalized spacial score (nSPS) is 11.9. The molecule has 16 heavy (non-hydrogen) atoms. The molecule has 1 rings (SSSR count). The van der Waals surface area contributed by atoms with E-state index in [1.165, 1.54) is 0 Å². The van der Waals surface area contributed by atoms with Gasteiger partial charge in [-0.05, 0) is 31.4 Å². The molecule has 4 N–H and O–H groups in total. The first-order chi connectivity index (χ1) is 7.61. The fourth-order valence-corrected chi connectivity index (χ4v) is 1.88. The zero-order valence-electron chi connectivity index (χ0n) is 9.49. The molecule has 0 aliphatic heterocycles. The van der Waals surface area contributed by atoms with Crippen LogP contribution in [0.1, 0.15) is 6.92 Å². The Morgan fingerprint density at radius 3 is 2.94 bits per heavy atom. The predicted molar refractivity (Wildman–Crippen MR) is 70.9 cm³/mol. The topological polar surface area (TPSA) is 67.2 Å². The number of nitrogens with one attached hydrogen (secondary N) is 2. The highest BCUT2D eigenvalue weighted by atomic mass is 32.2. The van der Waals surface area contributed by atoms with Crippen molar-refractivity contribution in [3.63, 3.8) is 0 Å². The molecule has 5 heteroatoms. The summed E-state index contributed by atoms with van der Waals surface area (Å²) in [4.78, 5) is 11.5. The maximum Gasteiger partial charge on any atom is 0.319 e. The standard InChI is InChI=1S/C11H17N3OS/c1-8(7-16-2)13-11(15)14-10-5-3-4-9(12)6-10/h3-6,8H,7,12H2,1-2H3,(H2,13,14,15). The zero-order valence-corrected chi connectivity index (χ0v) is 10.3. The lowest BCUT2D eigenvalue weighted by atomic mass is 10.3. The predicted octanol–water partition coefficient (Wildman–Crippen LogP) is 2.14. The number of nitrogen functional groups attached to an aromatic ring is 1. The van der Waals surface area contributed by atoms with Crippen LogP contribution < -0.4 is 16.4 Å². The van der Waals surface area contributed by atoms with E-state index in [-0.39, 0.29) is 12.1 Å². The highest BCUT2D eigenvalue weighted by Crippen LogP contribution is 2.11. The second-order valence-corrected chi connectivity index (χ2v) is 4.49. The summed E-state index contributed by atoms with van der Waals surface area (Å²) < 4.78 is 0. The number of thioether (sulfide) groups is 1. The van der Waals surface area contributed by atoms with Gasteiger partial charge in [-0.1, -0.05) is 6.07 Å². The van der Waals surface area contributed by atoms with E-state index in [1.54, 1.807) is 36.0 Å². The Morgan fingerprint density at radius 1 is 1.56 bits per heavy atom. The minimum atomic E-state index is -0.202. The van der Waals surface area contributed by atoms with Crippen LogP contribution in [0.5, 0.6) is 0 Å². The SMILES string of the molecule is CSCC(C)NC(=O)Nc1cccc(N)c1. The summed E-state index contributed by atoms with van der Waals surface area (Å²) in [6.45, 7) is 1.97. The van der Waals surface area contributed by atoms with Gasteiger partial charge in [0.15, 0.2) is 0 Å². The fraction of sp³-hybridized carbons (Fsp3) is 0.364. The van der Waals surface area contributed by atoms with E-state index < -0.39 is 0 Å². The molecule has 0 aliphatic carbocycles. The Hall–Kier alpha value is -1.36. The maximum atomic E-state index is 11.5. The van der Waals surface area contributed by atoms with E-state index >= 15 is 0 Å². The monoisotopic (exact) mass is 239 g/mol. The van der Waals surface area contributed by atoms with Crippen LogP contribution in [-0.2, 0) is 0 Å². The van der Waals surface area contributed by atoms with Crippen molar-refractivity contribution < 1.29 is 4.79 Å². The first-order valence-electron chi connectivity index (χ1n) is 5.04. The third-order valence-electron chi connectivity index (χ3n) is 1.94. The van der Waals surface area contributed by atoms with E-state index in [1.807, 2.05) is 13.2 Å². The van der Waals surface area contributed by atoms with Crippen LogP contribution in [0, 0.1) is 0 Å². The Labute approximate surface area is 100.0 Å². The molecule has 0 saturated carbocycles. The molecule has 4 nitrogen and oxygen atoms in total. The summed E-state index contributed by atoms with van der Waals surface area (Å²) >= 11 is 1.70. The number of benzene rings is 1. The summed E-state index contributed by atoms with van der Waals surface area (Å²) in [6, 6.07) is 7.05. The molecule has 0 spiro atoms. The number of carbonyl (C=O) groups is 1. The highest BCUT2D eigenvalue weighted by Gasteiger charge is 2.06. The van der Waals surface area contributed by atoms with E-state index in [0.29, 0.717) is 11.4 Å². The molecule has 0 radical (unpaired) electrons. The van der Waals surface area contributed by atoms with Crippen LogP contribution in [0.3, 0.4) is 0 Å². The third kappa shape index (κ3) is 4.44. The maximum absolute atomic E-state index is 11.5. The van der Waals surface area contributed by atoms with Crippen molar-refractivity contribution in [3.8, 4) is 0 Å². The Morgan fingerprint density at radius 2 is 2.31 bits per heavy atom. The molecule has 0 heterocycles. The largest absolute Gasteiger partial charge is 0.399 e. The summed E-state index contributed by atoms with van der Waals surface area (Å²) in [6.07, 6.45) is 2.01. The van der Waals surface area contributed by atoms with Gasteiger partial charge in [0, 0.05) is 23.2 Å². The number of carbonyl (C=O) groups excluding carboxylic acids is 1. The highest BCUT2D eigenvalue weighted by molar-refractivity contribution is 7.98. The molecule has 0 fully saturated rings. The zero-order chi connectivity index (χ0) is 12.0. The molecule has 0 bridgehead atoms. The first-order valence-corrected chi connectivity index (χ1v) is 6.43. The van der Waals surface area contributed by atoms with E-state index in [2.05, 4.69) is 10.6 Å². The molecular formula is C11H17N3OS. The van der Waals surface area contributed by atoms with Gasteiger partial charge < -0.3 is 16.4 Å². The molecule has 0 saturated heterocycles. The van der Waals surface area contributed by atoms with Crippen LogP contribution in [0.2, 0.25) is 0 Å². The lowest BCUT2D eigenvalue weighted by Gasteiger charge is -2.13. The van der Waals surface area contributed by atoms with Gasteiger partial charge in [0.25, 0.3) is 0 Å². The van der Waals surface area contributed by atoms with Gasteiger partial charge in [-0.25, -0.2) is 4.79 Å². The van der Waals surface area contributed by atoms with Crippen molar-refractivity contribution in [2.45, 2.75) is 13.0 Å². The molecule has 88 valence electrons. The average molecular weight is 239 g/mol. The molecule has 1 unspecified atom stereocenters. The number of hydrogen-bond acceptors (Lipinski definition) is 3. The summed E-state index contributed by atoms with van der Waals surface area (Å²) in [7, 11) is 0. The summed E-state index contributed by atoms with van der Waals surface area (Å²) in [5, 5.41) is 5.57. The van der Waals surface area contributed by atoms with Crippen molar-refractivity contribution >= 4 is 29.2 Å². The third-order valence-corrected chi connectivity index (χ3v) is 2.77. The molecule has 2 amide bonds. The van der Waals surface area contributed by atoms with Gasteiger partial charge >= 0.3 is 6.03 Å². The van der Waals surface area contributed by atoms with Crippen LogP contribution in [0.15, 0.2) is 24.3 Å². The van der Waals surface area contributed by atoms with Crippen molar-refractivity contribution in [3.05, 3.63) is 24.3 Å².